The molecule has 0 bridgehead atoms. The standard InChI is InChI=1S/C12H19N5O2/c1-13-7-9-8-17(5-6-19-9)11-4-3-10(15-16-11)12(18)14-2/h3-4,9,13H,5-8H2,1-2H3,(H,14,18). The molecule has 0 saturated carbocycles. The van der Waals surface area contributed by atoms with Crippen molar-refractivity contribution in [2.75, 3.05) is 45.2 Å². The summed E-state index contributed by atoms with van der Waals surface area (Å²) in [6.45, 7) is 3.04. The molecular formula is C12H19N5O2. The third kappa shape index (κ3) is 3.39. The first-order chi connectivity index (χ1) is 9.24. The van der Waals surface area contributed by atoms with E-state index >= 15 is 0 Å². The second-order valence-corrected chi connectivity index (χ2v) is 4.35. The molecule has 1 unspecified atom stereocenters. The second-order valence-electron chi connectivity index (χ2n) is 4.35. The largest absolute Gasteiger partial charge is 0.373 e. The smallest absolute Gasteiger partial charge is 0.271 e. The van der Waals surface area contributed by atoms with Gasteiger partial charge in [-0.1, -0.05) is 0 Å². The molecule has 1 aliphatic heterocycles. The van der Waals surface area contributed by atoms with Crippen LogP contribution in [0.2, 0.25) is 0 Å². The van der Waals surface area contributed by atoms with Crippen molar-refractivity contribution in [1.82, 2.24) is 20.8 Å². The summed E-state index contributed by atoms with van der Waals surface area (Å²) in [5.41, 5.74) is 0.325. The zero-order valence-electron chi connectivity index (χ0n) is 11.2. The van der Waals surface area contributed by atoms with E-state index in [9.17, 15) is 4.79 Å². The van der Waals surface area contributed by atoms with Crippen LogP contribution in [0, 0.1) is 0 Å². The van der Waals surface area contributed by atoms with Gasteiger partial charge in [-0.15, -0.1) is 10.2 Å². The van der Waals surface area contributed by atoms with Gasteiger partial charge in [0.1, 0.15) is 0 Å². The lowest BCUT2D eigenvalue weighted by Gasteiger charge is -2.33. The molecule has 1 fully saturated rings. The minimum absolute atomic E-state index is 0.152. The van der Waals surface area contributed by atoms with Crippen molar-refractivity contribution in [3.05, 3.63) is 17.8 Å². The first-order valence-electron chi connectivity index (χ1n) is 6.31. The maximum Gasteiger partial charge on any atom is 0.271 e. The van der Waals surface area contributed by atoms with Crippen LogP contribution in [0.15, 0.2) is 12.1 Å². The number of amides is 1. The fourth-order valence-corrected chi connectivity index (χ4v) is 2.02. The van der Waals surface area contributed by atoms with E-state index in [4.69, 9.17) is 4.74 Å². The monoisotopic (exact) mass is 265 g/mol. The molecule has 2 heterocycles. The predicted molar refractivity (Wildman–Crippen MR) is 71.3 cm³/mol. The second kappa shape index (κ2) is 6.44. The van der Waals surface area contributed by atoms with Gasteiger partial charge in [-0.05, 0) is 19.2 Å². The van der Waals surface area contributed by atoms with Crippen molar-refractivity contribution in [1.29, 1.82) is 0 Å². The van der Waals surface area contributed by atoms with Crippen LogP contribution in [0.4, 0.5) is 5.82 Å². The van der Waals surface area contributed by atoms with Crippen molar-refractivity contribution in [2.45, 2.75) is 6.10 Å². The molecule has 2 rings (SSSR count). The molecule has 0 aromatic carbocycles. The third-order valence-electron chi connectivity index (χ3n) is 3.00. The molecule has 104 valence electrons. The number of carbonyl (C=O) groups is 1. The topological polar surface area (TPSA) is 79.4 Å². The highest BCUT2D eigenvalue weighted by Crippen LogP contribution is 2.14. The number of rotatable bonds is 4. The summed E-state index contributed by atoms with van der Waals surface area (Å²) >= 11 is 0. The van der Waals surface area contributed by atoms with E-state index < -0.39 is 0 Å². The molecule has 1 aromatic rings. The molecule has 7 nitrogen and oxygen atoms in total. The highest BCUT2D eigenvalue weighted by atomic mass is 16.5. The van der Waals surface area contributed by atoms with Gasteiger partial charge in [0, 0.05) is 26.7 Å². The van der Waals surface area contributed by atoms with Gasteiger partial charge in [0.25, 0.3) is 5.91 Å². The Kier molecular flexibility index (Phi) is 4.64. The summed E-state index contributed by atoms with van der Waals surface area (Å²) in [6.07, 6.45) is 0.152. The number of ether oxygens (including phenoxy) is 1. The minimum Gasteiger partial charge on any atom is -0.373 e. The maximum atomic E-state index is 11.4. The Morgan fingerprint density at radius 1 is 1.47 bits per heavy atom. The zero-order chi connectivity index (χ0) is 13.7. The predicted octanol–water partition coefficient (Wildman–Crippen LogP) is -0.739. The minimum atomic E-state index is -0.228. The van der Waals surface area contributed by atoms with Gasteiger partial charge in [0.15, 0.2) is 11.5 Å². The van der Waals surface area contributed by atoms with Crippen molar-refractivity contribution in [3.63, 3.8) is 0 Å². The van der Waals surface area contributed by atoms with Gasteiger partial charge in [0.2, 0.25) is 0 Å². The summed E-state index contributed by atoms with van der Waals surface area (Å²) in [6, 6.07) is 3.50. The number of carbonyl (C=O) groups excluding carboxylic acids is 1. The Balaban J connectivity index is 2.03. The van der Waals surface area contributed by atoms with E-state index in [2.05, 4.69) is 25.7 Å². The number of likely N-dealkylation sites (N-methyl/N-ethyl adjacent to an activating group) is 1. The Bertz CT molecular complexity index is 421. The van der Waals surface area contributed by atoms with Crippen LogP contribution in [0.1, 0.15) is 10.5 Å². The van der Waals surface area contributed by atoms with Gasteiger partial charge in [-0.2, -0.15) is 0 Å². The fraction of sp³-hybridized carbons (Fsp3) is 0.583. The summed E-state index contributed by atoms with van der Waals surface area (Å²) < 4.78 is 5.63. The average molecular weight is 265 g/mol. The highest BCUT2D eigenvalue weighted by Gasteiger charge is 2.21. The molecule has 2 N–H and O–H groups in total. The summed E-state index contributed by atoms with van der Waals surface area (Å²) in [5.74, 6) is 0.547. The summed E-state index contributed by atoms with van der Waals surface area (Å²) in [4.78, 5) is 13.5. The van der Waals surface area contributed by atoms with Crippen molar-refractivity contribution < 1.29 is 9.53 Å². The van der Waals surface area contributed by atoms with E-state index in [1.165, 1.54) is 0 Å². The van der Waals surface area contributed by atoms with Crippen LogP contribution in [-0.4, -0.2) is 62.5 Å². The van der Waals surface area contributed by atoms with E-state index in [0.29, 0.717) is 12.3 Å². The molecule has 0 radical (unpaired) electrons. The van der Waals surface area contributed by atoms with E-state index in [0.717, 1.165) is 25.5 Å². The van der Waals surface area contributed by atoms with Crippen molar-refractivity contribution in [3.8, 4) is 0 Å². The molecule has 1 aromatic heterocycles. The molecule has 0 spiro atoms. The Hall–Kier alpha value is -1.73. The summed E-state index contributed by atoms with van der Waals surface area (Å²) in [5, 5.41) is 13.7. The molecule has 1 atom stereocenters. The lowest BCUT2D eigenvalue weighted by Crippen LogP contribution is -2.46. The van der Waals surface area contributed by atoms with Gasteiger partial charge < -0.3 is 20.3 Å². The molecule has 19 heavy (non-hydrogen) atoms. The summed E-state index contributed by atoms with van der Waals surface area (Å²) in [7, 11) is 3.47. The van der Waals surface area contributed by atoms with Crippen molar-refractivity contribution >= 4 is 11.7 Å². The van der Waals surface area contributed by atoms with Crippen LogP contribution in [0.25, 0.3) is 0 Å². The molecule has 1 aliphatic rings. The van der Waals surface area contributed by atoms with Crippen LogP contribution in [0.3, 0.4) is 0 Å². The Morgan fingerprint density at radius 2 is 2.32 bits per heavy atom. The number of morpholine rings is 1. The Morgan fingerprint density at radius 3 is 2.95 bits per heavy atom. The Labute approximate surface area is 112 Å². The van der Waals surface area contributed by atoms with Crippen LogP contribution in [-0.2, 0) is 4.74 Å². The normalized spacial score (nSPS) is 19.3. The van der Waals surface area contributed by atoms with E-state index in [1.54, 1.807) is 13.1 Å². The lowest BCUT2D eigenvalue weighted by atomic mass is 10.2. The van der Waals surface area contributed by atoms with Crippen molar-refractivity contribution in [2.24, 2.45) is 0 Å². The first kappa shape index (κ1) is 13.7. The molecule has 7 heteroatoms. The number of hydrogen-bond donors (Lipinski definition) is 2. The number of nitrogens with one attached hydrogen (secondary N) is 2. The van der Waals surface area contributed by atoms with Gasteiger partial charge in [-0.25, -0.2) is 0 Å². The number of hydrogen-bond acceptors (Lipinski definition) is 6. The maximum absolute atomic E-state index is 11.4. The average Bonchev–Trinajstić information content (AvgIpc) is 2.47. The number of aromatic nitrogens is 2. The van der Waals surface area contributed by atoms with Crippen LogP contribution in [0.5, 0.6) is 0 Å². The zero-order valence-corrected chi connectivity index (χ0v) is 11.2. The SMILES string of the molecule is CNCC1CN(c2ccc(C(=O)NC)nn2)CCO1. The van der Waals surface area contributed by atoms with Crippen LogP contribution >= 0.6 is 0 Å². The van der Waals surface area contributed by atoms with E-state index in [1.807, 2.05) is 13.1 Å². The fourth-order valence-electron chi connectivity index (χ4n) is 2.02. The highest BCUT2D eigenvalue weighted by molar-refractivity contribution is 5.91. The van der Waals surface area contributed by atoms with Gasteiger partial charge in [-0.3, -0.25) is 4.79 Å². The van der Waals surface area contributed by atoms with Gasteiger partial charge in [0.05, 0.1) is 12.7 Å². The lowest BCUT2D eigenvalue weighted by molar-refractivity contribution is 0.0418. The molecule has 1 amide bonds. The van der Waals surface area contributed by atoms with Crippen LogP contribution < -0.4 is 15.5 Å². The van der Waals surface area contributed by atoms with Gasteiger partial charge >= 0.3 is 0 Å². The number of nitrogens with zero attached hydrogens (tertiary/aromatic N) is 3. The molecule has 0 aliphatic carbocycles. The molecule has 1 saturated heterocycles. The first-order valence-corrected chi connectivity index (χ1v) is 6.31. The third-order valence-corrected chi connectivity index (χ3v) is 3.00. The molecular weight excluding hydrogens is 246 g/mol. The number of anilines is 1. The quantitative estimate of drug-likeness (QED) is 0.746. The van der Waals surface area contributed by atoms with E-state index in [-0.39, 0.29) is 12.0 Å².